The number of amides is 6. The van der Waals surface area contributed by atoms with Crippen molar-refractivity contribution in [2.75, 3.05) is 45.4 Å². The molecular formula is C87H104Cl2N8O30. The maximum absolute atomic E-state index is 16.2. The van der Waals surface area contributed by atoms with E-state index in [0.717, 1.165) is 48.5 Å². The van der Waals surface area contributed by atoms with Crippen LogP contribution in [0.3, 0.4) is 0 Å². The molecular weight excluding hydrogens is 1710 g/mol. The summed E-state index contributed by atoms with van der Waals surface area (Å²) in [5, 5.41) is 138. The van der Waals surface area contributed by atoms with Crippen LogP contribution in [0.1, 0.15) is 165 Å². The van der Waals surface area contributed by atoms with E-state index in [9.17, 15) is 94.5 Å². The first-order chi connectivity index (χ1) is 60.2. The van der Waals surface area contributed by atoms with Gasteiger partial charge in [-0.3, -0.25) is 52.7 Å². The van der Waals surface area contributed by atoms with Crippen molar-refractivity contribution in [3.63, 3.8) is 0 Å². The zero-order chi connectivity index (χ0) is 92.7. The van der Waals surface area contributed by atoms with Gasteiger partial charge in [-0.15, -0.1) is 0 Å². The van der Waals surface area contributed by atoms with Crippen molar-refractivity contribution < 1.29 is 147 Å². The number of hydrogen-bond acceptors (Lipinski definition) is 32. The molecule has 2 fully saturated rings. The molecule has 8 aliphatic heterocycles. The number of phenols is 4. The smallest absolute Gasteiger partial charge is 0.237 e. The molecule has 0 saturated carbocycles. The largest absolute Gasteiger partial charge is 0.508 e. The molecule has 40 heteroatoms. The fourth-order valence-corrected chi connectivity index (χ4v) is 15.8. The summed E-state index contributed by atoms with van der Waals surface area (Å²) in [6, 6.07) is 8.88. The molecule has 6 aromatic rings. The first-order valence-corrected chi connectivity index (χ1v) is 41.5. The molecule has 22 N–H and O–H groups in total. The van der Waals surface area contributed by atoms with Gasteiger partial charge >= 0.3 is 0 Å². The molecule has 9 bridgehead atoms. The van der Waals surface area contributed by atoms with E-state index in [1.165, 1.54) is 57.3 Å². The lowest BCUT2D eigenvalue weighted by molar-refractivity contribution is -0.333. The number of halogens is 2. The van der Waals surface area contributed by atoms with Gasteiger partial charge in [-0.05, 0) is 139 Å². The Morgan fingerprint density at radius 1 is 0.724 bits per heavy atom. The number of aliphatic hydroxyl groups is 7. The Morgan fingerprint density at radius 2 is 1.39 bits per heavy atom. The second-order valence-corrected chi connectivity index (χ2v) is 33.0. The fraction of sp³-hybridized carbons (Fsp3) is 0.460. The first kappa shape index (κ1) is 98.3. The number of phenolic OH excluding ortho intramolecular Hbond substituents is 4. The van der Waals surface area contributed by atoms with E-state index in [-0.39, 0.29) is 143 Å². The Bertz CT molecular complexity index is 5090. The molecule has 6 aromatic carbocycles. The number of nitrogens with one attached hydrogen (secondary N) is 5. The van der Waals surface area contributed by atoms with E-state index in [1.807, 2.05) is 13.8 Å². The molecule has 0 aliphatic carbocycles. The number of fused-ring (bicyclic) bond motifs is 8. The molecule has 0 radical (unpaired) electrons. The third-order valence-corrected chi connectivity index (χ3v) is 22.6. The third kappa shape index (κ3) is 24.7. The second-order valence-electron chi connectivity index (χ2n) is 32.2. The van der Waals surface area contributed by atoms with Crippen molar-refractivity contribution in [2.24, 2.45) is 29.0 Å². The van der Waals surface area contributed by atoms with Crippen LogP contribution in [0, 0.1) is 11.8 Å². The minimum Gasteiger partial charge on any atom is -0.508 e. The van der Waals surface area contributed by atoms with Gasteiger partial charge in [-0.1, -0.05) is 55.2 Å². The molecule has 1 unspecified atom stereocenters. The summed E-state index contributed by atoms with van der Waals surface area (Å²) in [7, 11) is 1.49. The van der Waals surface area contributed by atoms with Crippen LogP contribution < -0.4 is 58.0 Å². The summed E-state index contributed by atoms with van der Waals surface area (Å²) >= 11 is 14.3. The van der Waals surface area contributed by atoms with Crippen molar-refractivity contribution >= 4 is 93.8 Å². The van der Waals surface area contributed by atoms with Gasteiger partial charge in [0.2, 0.25) is 47.5 Å². The van der Waals surface area contributed by atoms with E-state index >= 15 is 14.4 Å². The van der Waals surface area contributed by atoms with E-state index in [4.69, 9.17) is 78.3 Å². The molecule has 0 aromatic heterocycles. The Labute approximate surface area is 737 Å². The highest BCUT2D eigenvalue weighted by Gasteiger charge is 2.51. The third-order valence-electron chi connectivity index (χ3n) is 22.0. The van der Waals surface area contributed by atoms with Gasteiger partial charge in [0.1, 0.15) is 82.8 Å². The number of benzene rings is 6. The van der Waals surface area contributed by atoms with Gasteiger partial charge < -0.3 is 138 Å². The predicted octanol–water partition coefficient (Wildman–Crippen LogP) is 3.76. The van der Waals surface area contributed by atoms with Crippen LogP contribution in [0.4, 0.5) is 5.69 Å². The van der Waals surface area contributed by atoms with Gasteiger partial charge in [0.15, 0.2) is 47.5 Å². The molecule has 2 saturated heterocycles. The number of carbonyl (C=O) groups excluding carboxylic acids is 11. The van der Waals surface area contributed by atoms with Crippen LogP contribution in [0.2, 0.25) is 10.0 Å². The Kier molecular flexibility index (Phi) is 33.9. The first-order valence-electron chi connectivity index (χ1n) is 40.8. The summed E-state index contributed by atoms with van der Waals surface area (Å²) in [6.45, 7) is 4.60. The molecule has 16 atom stereocenters. The molecule has 686 valence electrons. The Balaban J connectivity index is 1.06. The van der Waals surface area contributed by atoms with Gasteiger partial charge in [-0.2, -0.15) is 0 Å². The number of primary amides is 2. The number of hydrogen-bond donors (Lipinski definition) is 19. The van der Waals surface area contributed by atoms with Gasteiger partial charge in [0.25, 0.3) is 0 Å². The molecule has 6 amide bonds. The number of aldehydes is 1. The average Bonchev–Trinajstić information content (AvgIpc) is 0.765. The standard InChI is InChI=1S/C87H104Cl2N8O30/c1-39(2)21-56(93-5)85(119)97-76-62(108)27-47(31-69(91)110)84(118)96-74-46-28-65(81(66(29-46)124-64-14-10-42(77(76)113)24-54(64)89)127-86-82(80(116)79(115)67(38-100)125-86)126-72-35-87(4,92)83(117)40(3)122-72)123-63-13-9-41(23-53(63)88)58(104)34-71(112)95-75(51-32-49(102)33-60(106)73(51)50-22-44(30-68(90)109)45(25-59(50)105)26-61(74)107)57(103)16-18-121-20-19-120-17-6-7-48(101)11-15-70(111)94-55-12-8-43(36-98)52(37-99)78(55)114/h8-10,12-14,22-25,28-29,32-33,37,39-40,47,56,58,67,72,74-77,79-80,82-83,86,93,98,100,102,104-106,113-117H,6-7,11,15-21,26-27,30-31,34-36,38,92H2,1-5H3,(H2,90,109)(H2,91,110)(H,94,111)(H,95,112)(H,96,118)(H,97,119)/t40-,47+,56-,58+,67+,72-,74-,75-,76+,77-,79-,80+,82+,83-,86?,87+/m1/s1. The lowest BCUT2D eigenvalue weighted by Crippen LogP contribution is -2.64. The highest BCUT2D eigenvalue weighted by atomic mass is 35.5. The van der Waals surface area contributed by atoms with Crippen LogP contribution in [0.5, 0.6) is 51.7 Å². The number of anilines is 1. The van der Waals surface area contributed by atoms with E-state index in [1.54, 1.807) is 0 Å². The van der Waals surface area contributed by atoms with Crippen molar-refractivity contribution in [1.82, 2.24) is 21.3 Å². The van der Waals surface area contributed by atoms with Crippen molar-refractivity contribution in [1.29, 1.82) is 0 Å². The van der Waals surface area contributed by atoms with E-state index in [0.29, 0.717) is 6.29 Å². The minimum atomic E-state index is -2.17. The maximum Gasteiger partial charge on any atom is 0.237 e. The summed E-state index contributed by atoms with van der Waals surface area (Å²) in [5.74, 6) is -16.7. The van der Waals surface area contributed by atoms with E-state index in [2.05, 4.69) is 26.6 Å². The van der Waals surface area contributed by atoms with Crippen LogP contribution in [0.15, 0.2) is 84.9 Å². The van der Waals surface area contributed by atoms with Crippen molar-refractivity contribution in [2.45, 2.75) is 202 Å². The maximum atomic E-state index is 16.2. The Morgan fingerprint density at radius 3 is 2.02 bits per heavy atom. The summed E-state index contributed by atoms with van der Waals surface area (Å²) in [5.41, 5.74) is 14.4. The molecule has 8 aliphatic rings. The van der Waals surface area contributed by atoms with Gasteiger partial charge in [0.05, 0.1) is 97.4 Å². The number of aliphatic hydroxyl groups excluding tert-OH is 7. The number of carbonyl (C=O) groups is 11. The van der Waals surface area contributed by atoms with Crippen molar-refractivity contribution in [3.8, 4) is 62.9 Å². The number of aromatic hydroxyl groups is 4. The predicted molar refractivity (Wildman–Crippen MR) is 449 cm³/mol. The monoisotopic (exact) mass is 1810 g/mol. The van der Waals surface area contributed by atoms with E-state index < -0.39 is 259 Å². The molecule has 0 spiro atoms. The highest BCUT2D eigenvalue weighted by molar-refractivity contribution is 6.32. The second kappa shape index (κ2) is 43.7. The lowest BCUT2D eigenvalue weighted by Gasteiger charge is -2.47. The quantitative estimate of drug-likeness (QED) is 0.0167. The van der Waals surface area contributed by atoms with Crippen LogP contribution >= 0.6 is 23.2 Å². The minimum absolute atomic E-state index is 0.00698. The van der Waals surface area contributed by atoms with Crippen LogP contribution in [-0.2, 0) is 91.1 Å². The number of likely N-dealkylation sites (N-methyl/N-ethyl adjacent to an activating group) is 1. The normalized spacial score (nSPS) is 24.3. The van der Waals surface area contributed by atoms with Crippen LogP contribution in [-0.4, -0.2) is 228 Å². The summed E-state index contributed by atoms with van der Waals surface area (Å²) < 4.78 is 50.1. The zero-order valence-electron chi connectivity index (χ0n) is 69.8. The number of Topliss-reactive ketones (excluding diaryl/α,β-unsaturated/α-hetero) is 4. The fourth-order valence-electron chi connectivity index (χ4n) is 15.3. The average molecular weight is 1810 g/mol. The number of nitrogens with two attached hydrogens (primary N) is 3. The van der Waals surface area contributed by atoms with Crippen LogP contribution in [0.25, 0.3) is 11.1 Å². The SMILES string of the molecule is CN[C@H](CC(C)C)C(=O)N[C@H]1C(=O)C[C@@H](CC(N)=O)C(=O)N[C@H]2C(=O)Cc3cc(O)c(cc3CC(N)=O)-c3c(O)cc(O)cc3[C@H](C(=O)CCOCCOCCCC(=O)CCC(=O)Nc3ccc(CO)c(C=O)c3O)NC(=O)C[C@H](O)c3ccc(c(Cl)c3)Oc3cc2cc(c3OC2O[C@@H](CO)[C@@H](O)[C@H](O)[C@@H]2O[C@@H]2C[C@](C)(N)[C@H](O)[C@@H](C)O2)Oc2ccc(cc2Cl)[C@H]1O. The molecule has 38 nitrogen and oxygen atoms in total. The summed E-state index contributed by atoms with van der Waals surface area (Å²) in [6.07, 6.45) is -22.2. The number of ether oxygens (including phenoxy) is 8. The summed E-state index contributed by atoms with van der Waals surface area (Å²) in [4.78, 5) is 154. The molecule has 8 heterocycles. The van der Waals surface area contributed by atoms with Crippen molar-refractivity contribution in [3.05, 3.63) is 139 Å². The van der Waals surface area contributed by atoms with Gasteiger partial charge in [-0.25, -0.2) is 0 Å². The number of ketones is 4. The highest BCUT2D eigenvalue weighted by Crippen LogP contribution is 2.50. The Hall–Kier alpha value is -10.9. The zero-order valence-corrected chi connectivity index (χ0v) is 71.3. The molecule has 127 heavy (non-hydrogen) atoms. The lowest BCUT2D eigenvalue weighted by atomic mass is 9.86. The molecule has 14 rings (SSSR count). The number of rotatable bonds is 31. The van der Waals surface area contributed by atoms with Gasteiger partial charge in [0, 0.05) is 80.7 Å². The topological polar surface area (TPSA) is 622 Å².